The van der Waals surface area contributed by atoms with Gasteiger partial charge in [-0.05, 0) is 5.56 Å². The van der Waals surface area contributed by atoms with E-state index in [2.05, 4.69) is 15.0 Å². The Morgan fingerprint density at radius 3 is 2.79 bits per heavy atom. The summed E-state index contributed by atoms with van der Waals surface area (Å²) in [5, 5.41) is 9.87. The summed E-state index contributed by atoms with van der Waals surface area (Å²) in [6.07, 6.45) is 0.554. The van der Waals surface area contributed by atoms with E-state index in [9.17, 15) is 9.90 Å². The highest BCUT2D eigenvalue weighted by Gasteiger charge is 2.57. The number of nitrogens with zero attached hydrogens (tertiary/aromatic N) is 5. The van der Waals surface area contributed by atoms with Crippen molar-refractivity contribution in [1.82, 2.24) is 24.4 Å². The van der Waals surface area contributed by atoms with Gasteiger partial charge >= 0.3 is 6.09 Å². The van der Waals surface area contributed by atoms with Gasteiger partial charge in [-0.3, -0.25) is 9.47 Å². The van der Waals surface area contributed by atoms with Gasteiger partial charge in [0.15, 0.2) is 23.8 Å². The van der Waals surface area contributed by atoms with Gasteiger partial charge in [0.2, 0.25) is 0 Å². The Bertz CT molecular complexity index is 1030. The maximum absolute atomic E-state index is 12.6. The van der Waals surface area contributed by atoms with Crippen LogP contribution in [0.25, 0.3) is 11.2 Å². The topological polar surface area (TPSA) is 129 Å². The Labute approximate surface area is 159 Å². The number of hydrogen-bond donors (Lipinski definition) is 2. The molecule has 3 N–H and O–H groups in total. The van der Waals surface area contributed by atoms with E-state index in [1.165, 1.54) is 12.7 Å². The summed E-state index contributed by atoms with van der Waals surface area (Å²) in [7, 11) is 0. The molecule has 1 amide bonds. The summed E-state index contributed by atoms with van der Waals surface area (Å²) >= 11 is 0. The molecule has 10 heteroatoms. The number of aliphatic hydroxyl groups excluding tert-OH is 1. The number of amides is 1. The molecule has 0 unspecified atom stereocenters. The van der Waals surface area contributed by atoms with Gasteiger partial charge in [-0.2, -0.15) is 0 Å². The standard InChI is InChI=1S/C18H18N6O4/c19-15-12-16(21-8-20-15)24(9-22-12)17-14-13(11(7-25)27-17)23(18(26)28-14)6-10-4-2-1-3-5-10/h1-5,8-9,11,13-14,17,25H,6-7H2,(H2,19,20,21)/t11-,13-,14-,17-/m1/s1. The van der Waals surface area contributed by atoms with Crippen LogP contribution < -0.4 is 5.73 Å². The fourth-order valence-electron chi connectivity index (χ4n) is 3.91. The molecule has 0 bridgehead atoms. The highest BCUT2D eigenvalue weighted by molar-refractivity contribution is 5.81. The molecule has 4 heterocycles. The third kappa shape index (κ3) is 2.49. The Hall–Kier alpha value is -3.24. The van der Waals surface area contributed by atoms with Crippen molar-refractivity contribution < 1.29 is 19.4 Å². The predicted octanol–water partition coefficient (Wildman–Crippen LogP) is 0.688. The highest BCUT2D eigenvalue weighted by atomic mass is 16.6. The number of aliphatic hydroxyl groups is 1. The molecule has 0 aliphatic carbocycles. The molecular weight excluding hydrogens is 364 g/mol. The number of imidazole rings is 1. The summed E-state index contributed by atoms with van der Waals surface area (Å²) in [4.78, 5) is 26.6. The largest absolute Gasteiger partial charge is 0.439 e. The molecule has 4 atom stereocenters. The SMILES string of the molecule is Nc1ncnc2c1ncn2[C@@H]1O[C@H](CO)[C@@H]2[C@H]1OC(=O)N2Cc1ccccc1. The van der Waals surface area contributed by atoms with E-state index in [-0.39, 0.29) is 12.4 Å². The van der Waals surface area contributed by atoms with E-state index < -0.39 is 30.6 Å². The number of fused-ring (bicyclic) bond motifs is 2. The van der Waals surface area contributed by atoms with Crippen LogP contribution in [0.5, 0.6) is 0 Å². The van der Waals surface area contributed by atoms with Crippen molar-refractivity contribution in [3.63, 3.8) is 0 Å². The molecule has 0 radical (unpaired) electrons. The van der Waals surface area contributed by atoms with Crippen LogP contribution >= 0.6 is 0 Å². The first-order valence-corrected chi connectivity index (χ1v) is 8.88. The molecule has 2 aromatic heterocycles. The number of ether oxygens (including phenoxy) is 2. The smallest absolute Gasteiger partial charge is 0.411 e. The van der Waals surface area contributed by atoms with Crippen LogP contribution in [0.1, 0.15) is 11.8 Å². The average molecular weight is 382 g/mol. The number of anilines is 1. The van der Waals surface area contributed by atoms with E-state index in [0.717, 1.165) is 5.56 Å². The molecular formula is C18H18N6O4. The normalized spacial score (nSPS) is 26.6. The lowest BCUT2D eigenvalue weighted by molar-refractivity contribution is -0.0609. The molecule has 2 fully saturated rings. The maximum atomic E-state index is 12.6. The Morgan fingerprint density at radius 2 is 2.00 bits per heavy atom. The van der Waals surface area contributed by atoms with Gasteiger partial charge < -0.3 is 20.3 Å². The fraction of sp³-hybridized carbons (Fsp3) is 0.333. The van der Waals surface area contributed by atoms with E-state index >= 15 is 0 Å². The third-order valence-electron chi connectivity index (χ3n) is 5.18. The summed E-state index contributed by atoms with van der Waals surface area (Å²) in [6.45, 7) is 0.122. The lowest BCUT2D eigenvalue weighted by atomic mass is 10.1. The number of hydrogen-bond acceptors (Lipinski definition) is 8. The summed E-state index contributed by atoms with van der Waals surface area (Å²) in [5.41, 5.74) is 7.75. The first kappa shape index (κ1) is 16.9. The number of carbonyl (C=O) groups excluding carboxylic acids is 1. The zero-order valence-electron chi connectivity index (χ0n) is 14.8. The number of aromatic nitrogens is 4. The van der Waals surface area contributed by atoms with Crippen LogP contribution in [0, 0.1) is 0 Å². The van der Waals surface area contributed by atoms with E-state index in [0.29, 0.717) is 17.7 Å². The van der Waals surface area contributed by atoms with Gasteiger partial charge in [-0.15, -0.1) is 0 Å². The van der Waals surface area contributed by atoms with E-state index in [1.54, 1.807) is 9.47 Å². The molecule has 28 heavy (non-hydrogen) atoms. The van der Waals surface area contributed by atoms with E-state index in [4.69, 9.17) is 15.2 Å². The van der Waals surface area contributed by atoms with Crippen LogP contribution in [0.4, 0.5) is 10.6 Å². The summed E-state index contributed by atoms with van der Waals surface area (Å²) in [6, 6.07) is 9.17. The van der Waals surface area contributed by atoms with Gasteiger partial charge in [-0.1, -0.05) is 30.3 Å². The molecule has 5 rings (SSSR count). The third-order valence-corrected chi connectivity index (χ3v) is 5.18. The quantitative estimate of drug-likeness (QED) is 0.674. The second kappa shape index (κ2) is 6.43. The molecule has 2 aliphatic rings. The maximum Gasteiger partial charge on any atom is 0.411 e. The minimum atomic E-state index is -0.675. The summed E-state index contributed by atoms with van der Waals surface area (Å²) in [5.74, 6) is 0.256. The molecule has 144 valence electrons. The number of rotatable bonds is 4. The van der Waals surface area contributed by atoms with Crippen molar-refractivity contribution in [3.05, 3.63) is 48.5 Å². The lowest BCUT2D eigenvalue weighted by Crippen LogP contribution is -2.42. The minimum absolute atomic E-state index is 0.247. The van der Waals surface area contributed by atoms with Crippen molar-refractivity contribution >= 4 is 23.1 Å². The molecule has 0 saturated carbocycles. The Kier molecular flexibility index (Phi) is 3.88. The molecule has 1 aromatic carbocycles. The van der Waals surface area contributed by atoms with Gasteiger partial charge in [0.05, 0.1) is 12.9 Å². The average Bonchev–Trinajstić information content (AvgIpc) is 3.37. The lowest BCUT2D eigenvalue weighted by Gasteiger charge is -2.23. The number of benzene rings is 1. The Morgan fingerprint density at radius 1 is 1.18 bits per heavy atom. The first-order chi connectivity index (χ1) is 13.7. The number of nitrogen functional groups attached to an aromatic ring is 1. The molecule has 10 nitrogen and oxygen atoms in total. The van der Waals surface area contributed by atoms with Crippen molar-refractivity contribution in [2.24, 2.45) is 0 Å². The number of carbonyl (C=O) groups is 1. The molecule has 2 saturated heterocycles. The van der Waals surface area contributed by atoms with E-state index in [1.807, 2.05) is 30.3 Å². The van der Waals surface area contributed by atoms with Crippen molar-refractivity contribution in [2.75, 3.05) is 12.3 Å². The minimum Gasteiger partial charge on any atom is -0.439 e. The predicted molar refractivity (Wildman–Crippen MR) is 96.8 cm³/mol. The second-order valence-electron chi connectivity index (χ2n) is 6.78. The van der Waals surface area contributed by atoms with Crippen molar-refractivity contribution in [3.8, 4) is 0 Å². The zero-order chi connectivity index (χ0) is 19.3. The van der Waals surface area contributed by atoms with Crippen LogP contribution in [0.2, 0.25) is 0 Å². The van der Waals surface area contributed by atoms with Gasteiger partial charge in [-0.25, -0.2) is 19.7 Å². The molecule has 2 aliphatic heterocycles. The molecule has 0 spiro atoms. The van der Waals surface area contributed by atoms with Gasteiger partial charge in [0, 0.05) is 6.54 Å². The molecule has 3 aromatic rings. The fourth-order valence-corrected chi connectivity index (χ4v) is 3.91. The van der Waals surface area contributed by atoms with Crippen molar-refractivity contribution in [2.45, 2.75) is 31.0 Å². The van der Waals surface area contributed by atoms with Crippen LogP contribution in [0.3, 0.4) is 0 Å². The monoisotopic (exact) mass is 382 g/mol. The Balaban J connectivity index is 1.50. The summed E-state index contributed by atoms with van der Waals surface area (Å²) < 4.78 is 13.4. The zero-order valence-corrected chi connectivity index (χ0v) is 14.8. The second-order valence-corrected chi connectivity index (χ2v) is 6.78. The van der Waals surface area contributed by atoms with Crippen LogP contribution in [0.15, 0.2) is 43.0 Å². The van der Waals surface area contributed by atoms with Gasteiger partial charge in [0.1, 0.15) is 24.0 Å². The first-order valence-electron chi connectivity index (χ1n) is 8.88. The van der Waals surface area contributed by atoms with Crippen LogP contribution in [-0.4, -0.2) is 60.5 Å². The van der Waals surface area contributed by atoms with Crippen LogP contribution in [-0.2, 0) is 16.0 Å². The van der Waals surface area contributed by atoms with Crippen molar-refractivity contribution in [1.29, 1.82) is 0 Å². The number of nitrogens with two attached hydrogens (primary N) is 1. The highest BCUT2D eigenvalue weighted by Crippen LogP contribution is 2.41. The van der Waals surface area contributed by atoms with Gasteiger partial charge in [0.25, 0.3) is 0 Å².